The molecule has 0 amide bonds. The molecule has 15 heavy (non-hydrogen) atoms. The van der Waals surface area contributed by atoms with Gasteiger partial charge in [-0.15, -0.1) is 0 Å². The Labute approximate surface area is 86.4 Å². The lowest BCUT2D eigenvalue weighted by Gasteiger charge is -2.02. The Morgan fingerprint density at radius 1 is 1.13 bits per heavy atom. The summed E-state index contributed by atoms with van der Waals surface area (Å²) in [5, 5.41) is 0. The predicted molar refractivity (Wildman–Crippen MR) is 55.0 cm³/mol. The van der Waals surface area contributed by atoms with Crippen LogP contribution in [0.5, 0.6) is 0 Å². The molecule has 0 aliphatic rings. The fourth-order valence-electron chi connectivity index (χ4n) is 1.37. The normalized spacial score (nSPS) is 9.93. The highest BCUT2D eigenvalue weighted by atomic mass is 19.1. The Morgan fingerprint density at radius 3 is 2.47 bits per heavy atom. The molecular formula is C12H8FNO. The second-order valence-corrected chi connectivity index (χ2v) is 3.09. The Morgan fingerprint density at radius 2 is 1.87 bits per heavy atom. The maximum atomic E-state index is 13.5. The first-order valence-electron chi connectivity index (χ1n) is 4.46. The first-order valence-corrected chi connectivity index (χ1v) is 4.46. The summed E-state index contributed by atoms with van der Waals surface area (Å²) in [7, 11) is 0. The summed E-state index contributed by atoms with van der Waals surface area (Å²) in [4.78, 5) is 14.3. The lowest BCUT2D eigenvalue weighted by molar-refractivity contribution is 0.112. The third kappa shape index (κ3) is 1.91. The molecule has 0 saturated carbocycles. The van der Waals surface area contributed by atoms with E-state index >= 15 is 0 Å². The van der Waals surface area contributed by atoms with Gasteiger partial charge in [-0.3, -0.25) is 9.78 Å². The van der Waals surface area contributed by atoms with Crippen LogP contribution in [0.15, 0.2) is 42.7 Å². The van der Waals surface area contributed by atoms with E-state index < -0.39 is 5.82 Å². The lowest BCUT2D eigenvalue weighted by atomic mass is 10.0. The van der Waals surface area contributed by atoms with Crippen molar-refractivity contribution in [2.45, 2.75) is 0 Å². The predicted octanol–water partition coefficient (Wildman–Crippen LogP) is 2.70. The number of carbonyl (C=O) groups excluding carboxylic acids is 1. The van der Waals surface area contributed by atoms with E-state index in [1.54, 1.807) is 36.7 Å². The molecule has 0 atom stereocenters. The molecule has 2 aromatic rings. The molecule has 0 radical (unpaired) electrons. The van der Waals surface area contributed by atoms with Crippen LogP contribution in [-0.4, -0.2) is 11.3 Å². The van der Waals surface area contributed by atoms with E-state index in [9.17, 15) is 9.18 Å². The summed E-state index contributed by atoms with van der Waals surface area (Å²) in [5.74, 6) is -0.397. The van der Waals surface area contributed by atoms with Gasteiger partial charge in [0, 0.05) is 23.5 Å². The molecule has 74 valence electrons. The molecule has 0 N–H and O–H groups in total. The van der Waals surface area contributed by atoms with Gasteiger partial charge in [0.25, 0.3) is 0 Å². The van der Waals surface area contributed by atoms with E-state index in [1.165, 1.54) is 6.07 Å². The van der Waals surface area contributed by atoms with Crippen molar-refractivity contribution < 1.29 is 9.18 Å². The number of carbonyl (C=O) groups is 1. The van der Waals surface area contributed by atoms with Crippen LogP contribution < -0.4 is 0 Å². The molecule has 1 aromatic carbocycles. The number of hydrogen-bond donors (Lipinski definition) is 0. The van der Waals surface area contributed by atoms with Crippen LogP contribution in [0.1, 0.15) is 10.4 Å². The molecular weight excluding hydrogens is 193 g/mol. The second-order valence-electron chi connectivity index (χ2n) is 3.09. The summed E-state index contributed by atoms with van der Waals surface area (Å²) in [6, 6.07) is 7.85. The topological polar surface area (TPSA) is 30.0 Å². The number of aldehydes is 1. The maximum absolute atomic E-state index is 13.5. The van der Waals surface area contributed by atoms with Gasteiger partial charge >= 0.3 is 0 Å². The first kappa shape index (κ1) is 9.52. The third-order valence-electron chi connectivity index (χ3n) is 2.12. The van der Waals surface area contributed by atoms with E-state index in [0.717, 1.165) is 5.56 Å². The van der Waals surface area contributed by atoms with Crippen molar-refractivity contribution in [3.8, 4) is 11.1 Å². The largest absolute Gasteiger partial charge is 0.298 e. The number of pyridine rings is 1. The molecule has 1 heterocycles. The average Bonchev–Trinajstić information content (AvgIpc) is 2.30. The maximum Gasteiger partial charge on any atom is 0.150 e. The van der Waals surface area contributed by atoms with Gasteiger partial charge in [0.05, 0.1) is 0 Å². The van der Waals surface area contributed by atoms with Gasteiger partial charge in [0.2, 0.25) is 0 Å². The quantitative estimate of drug-likeness (QED) is 0.699. The Balaban J connectivity index is 2.51. The molecule has 0 fully saturated rings. The number of aromatic nitrogens is 1. The van der Waals surface area contributed by atoms with E-state index in [0.29, 0.717) is 17.4 Å². The second kappa shape index (κ2) is 4.00. The minimum atomic E-state index is -0.397. The van der Waals surface area contributed by atoms with Crippen molar-refractivity contribution >= 4 is 6.29 Å². The van der Waals surface area contributed by atoms with Crippen molar-refractivity contribution in [1.82, 2.24) is 4.98 Å². The number of hydrogen-bond acceptors (Lipinski definition) is 2. The molecule has 0 saturated heterocycles. The highest BCUT2D eigenvalue weighted by Gasteiger charge is 2.04. The summed E-state index contributed by atoms with van der Waals surface area (Å²) in [6.45, 7) is 0. The van der Waals surface area contributed by atoms with Crippen LogP contribution in [0.3, 0.4) is 0 Å². The van der Waals surface area contributed by atoms with E-state index in [-0.39, 0.29) is 0 Å². The van der Waals surface area contributed by atoms with E-state index in [1.807, 2.05) is 0 Å². The Bertz CT molecular complexity index is 482. The van der Waals surface area contributed by atoms with E-state index in [2.05, 4.69) is 4.98 Å². The molecule has 2 nitrogen and oxygen atoms in total. The van der Waals surface area contributed by atoms with Gasteiger partial charge in [0.15, 0.2) is 0 Å². The van der Waals surface area contributed by atoms with E-state index in [4.69, 9.17) is 0 Å². The zero-order valence-electron chi connectivity index (χ0n) is 7.85. The minimum absolute atomic E-state index is 0.338. The number of nitrogens with zero attached hydrogens (tertiary/aromatic N) is 1. The molecule has 0 spiro atoms. The van der Waals surface area contributed by atoms with Gasteiger partial charge in [-0.05, 0) is 23.8 Å². The number of halogens is 1. The van der Waals surface area contributed by atoms with Gasteiger partial charge in [-0.2, -0.15) is 0 Å². The van der Waals surface area contributed by atoms with Crippen molar-refractivity contribution in [2.24, 2.45) is 0 Å². The van der Waals surface area contributed by atoms with Gasteiger partial charge in [0.1, 0.15) is 12.1 Å². The zero-order valence-corrected chi connectivity index (χ0v) is 7.85. The average molecular weight is 201 g/mol. The first-order chi connectivity index (χ1) is 7.31. The van der Waals surface area contributed by atoms with Crippen LogP contribution >= 0.6 is 0 Å². The monoisotopic (exact) mass is 201 g/mol. The Hall–Kier alpha value is -2.03. The molecule has 2 rings (SSSR count). The van der Waals surface area contributed by atoms with Crippen LogP contribution in [0, 0.1) is 5.82 Å². The molecule has 0 aliphatic heterocycles. The van der Waals surface area contributed by atoms with Crippen molar-refractivity contribution in [2.75, 3.05) is 0 Å². The molecule has 1 aromatic heterocycles. The SMILES string of the molecule is O=Cc1ccc(-c2ccncc2)c(F)c1. The molecule has 0 aliphatic carbocycles. The van der Waals surface area contributed by atoms with Crippen molar-refractivity contribution in [1.29, 1.82) is 0 Å². The smallest absolute Gasteiger partial charge is 0.150 e. The number of benzene rings is 1. The lowest BCUT2D eigenvalue weighted by Crippen LogP contribution is -1.87. The third-order valence-corrected chi connectivity index (χ3v) is 2.12. The highest BCUT2D eigenvalue weighted by Crippen LogP contribution is 2.22. The molecule has 0 unspecified atom stereocenters. The highest BCUT2D eigenvalue weighted by molar-refractivity contribution is 5.77. The summed E-state index contributed by atoms with van der Waals surface area (Å²) in [5.41, 5.74) is 1.56. The van der Waals surface area contributed by atoms with Crippen molar-refractivity contribution in [3.05, 3.63) is 54.1 Å². The van der Waals surface area contributed by atoms with Crippen LogP contribution in [0.2, 0.25) is 0 Å². The van der Waals surface area contributed by atoms with Gasteiger partial charge < -0.3 is 0 Å². The number of rotatable bonds is 2. The van der Waals surface area contributed by atoms with Crippen LogP contribution in [-0.2, 0) is 0 Å². The van der Waals surface area contributed by atoms with Crippen LogP contribution in [0.25, 0.3) is 11.1 Å². The van der Waals surface area contributed by atoms with Gasteiger partial charge in [-0.1, -0.05) is 12.1 Å². The molecule has 0 bridgehead atoms. The Kier molecular flexibility index (Phi) is 2.54. The summed E-state index contributed by atoms with van der Waals surface area (Å²) >= 11 is 0. The fraction of sp³-hybridized carbons (Fsp3) is 0. The van der Waals surface area contributed by atoms with Crippen molar-refractivity contribution in [3.63, 3.8) is 0 Å². The summed E-state index contributed by atoms with van der Waals surface area (Å²) in [6.07, 6.45) is 3.82. The molecule has 3 heteroatoms. The standard InChI is InChI=1S/C12H8FNO/c13-12-7-9(8-15)1-2-11(12)10-3-5-14-6-4-10/h1-8H. The fourth-order valence-corrected chi connectivity index (χ4v) is 1.37. The van der Waals surface area contributed by atoms with Crippen LogP contribution in [0.4, 0.5) is 4.39 Å². The van der Waals surface area contributed by atoms with Gasteiger partial charge in [-0.25, -0.2) is 4.39 Å². The zero-order chi connectivity index (χ0) is 10.7. The summed E-state index contributed by atoms with van der Waals surface area (Å²) < 4.78 is 13.5. The minimum Gasteiger partial charge on any atom is -0.298 e.